The molecule has 4 rings (SSSR count). The highest BCUT2D eigenvalue weighted by molar-refractivity contribution is 6.33. The molecule has 2 aromatic carbocycles. The summed E-state index contributed by atoms with van der Waals surface area (Å²) >= 11 is 6.04. The van der Waals surface area contributed by atoms with Gasteiger partial charge in [-0.1, -0.05) is 29.8 Å². The fourth-order valence-electron chi connectivity index (χ4n) is 3.00. The third-order valence-corrected chi connectivity index (χ3v) is 4.71. The third kappa shape index (κ3) is 4.95. The van der Waals surface area contributed by atoms with E-state index in [0.717, 1.165) is 23.2 Å². The minimum atomic E-state index is -4.48. The molecule has 4 aromatic rings. The number of rotatable bonds is 4. The normalized spacial score (nSPS) is 11.5. The Balaban J connectivity index is 1.39. The number of aromatic amines is 1. The number of H-pyrrole nitrogens is 1. The number of carbonyl (C=O) groups excluding carboxylic acids is 1. The molecule has 0 spiro atoms. The van der Waals surface area contributed by atoms with E-state index >= 15 is 0 Å². The SMILES string of the molecule is O=C(Nc1ccc(Cc2nc3c(Cl)nccc3[nH]2)cc1)Nc1cccc(C(F)(F)F)c1. The van der Waals surface area contributed by atoms with Crippen LogP contribution in [0.15, 0.2) is 60.8 Å². The number of carbonyl (C=O) groups is 1. The van der Waals surface area contributed by atoms with E-state index in [2.05, 4.69) is 25.6 Å². The van der Waals surface area contributed by atoms with Crippen LogP contribution >= 0.6 is 11.6 Å². The number of hydrogen-bond acceptors (Lipinski definition) is 3. The Kier molecular flexibility index (Phi) is 5.51. The molecule has 0 unspecified atom stereocenters. The summed E-state index contributed by atoms with van der Waals surface area (Å²) in [6.07, 6.45) is -2.37. The van der Waals surface area contributed by atoms with Crippen molar-refractivity contribution in [3.05, 3.63) is 82.9 Å². The Labute approximate surface area is 179 Å². The van der Waals surface area contributed by atoms with Gasteiger partial charge in [-0.25, -0.2) is 14.8 Å². The van der Waals surface area contributed by atoms with Gasteiger partial charge in [0.15, 0.2) is 5.15 Å². The highest BCUT2D eigenvalue weighted by Gasteiger charge is 2.30. The Hall–Kier alpha value is -3.59. The first kappa shape index (κ1) is 20.7. The molecule has 0 fully saturated rings. The van der Waals surface area contributed by atoms with Crippen LogP contribution in [0.4, 0.5) is 29.3 Å². The number of nitrogens with one attached hydrogen (secondary N) is 3. The predicted molar refractivity (Wildman–Crippen MR) is 112 cm³/mol. The van der Waals surface area contributed by atoms with E-state index in [1.807, 2.05) is 12.1 Å². The number of urea groups is 1. The molecular formula is C21H15ClF3N5O. The molecule has 3 N–H and O–H groups in total. The van der Waals surface area contributed by atoms with E-state index in [9.17, 15) is 18.0 Å². The summed E-state index contributed by atoms with van der Waals surface area (Å²) in [4.78, 5) is 23.7. The average molecular weight is 446 g/mol. The number of imidazole rings is 1. The van der Waals surface area contributed by atoms with Crippen LogP contribution in [0.1, 0.15) is 17.0 Å². The monoisotopic (exact) mass is 445 g/mol. The van der Waals surface area contributed by atoms with Gasteiger partial charge < -0.3 is 15.6 Å². The summed E-state index contributed by atoms with van der Waals surface area (Å²) < 4.78 is 38.3. The first-order chi connectivity index (χ1) is 14.8. The number of amides is 2. The number of aromatic nitrogens is 3. The van der Waals surface area contributed by atoms with E-state index in [0.29, 0.717) is 28.6 Å². The number of hydrogen-bond donors (Lipinski definition) is 3. The summed E-state index contributed by atoms with van der Waals surface area (Å²) in [6.45, 7) is 0. The van der Waals surface area contributed by atoms with Crippen LogP contribution in [0.3, 0.4) is 0 Å². The van der Waals surface area contributed by atoms with Crippen LogP contribution in [0, 0.1) is 0 Å². The second kappa shape index (κ2) is 8.27. The van der Waals surface area contributed by atoms with E-state index in [1.54, 1.807) is 24.4 Å². The molecule has 6 nitrogen and oxygen atoms in total. The largest absolute Gasteiger partial charge is 0.416 e. The molecule has 0 atom stereocenters. The number of fused-ring (bicyclic) bond motifs is 1. The highest BCUT2D eigenvalue weighted by atomic mass is 35.5. The summed E-state index contributed by atoms with van der Waals surface area (Å²) in [5, 5.41) is 5.31. The van der Waals surface area contributed by atoms with Crippen molar-refractivity contribution in [1.82, 2.24) is 15.0 Å². The lowest BCUT2D eigenvalue weighted by Gasteiger charge is -2.11. The first-order valence-electron chi connectivity index (χ1n) is 9.11. The van der Waals surface area contributed by atoms with Gasteiger partial charge in [-0.3, -0.25) is 0 Å². The molecule has 0 aliphatic heterocycles. The number of halogens is 4. The van der Waals surface area contributed by atoms with Crippen molar-refractivity contribution in [2.45, 2.75) is 12.6 Å². The quantitative estimate of drug-likeness (QED) is 0.344. The van der Waals surface area contributed by atoms with Crippen molar-refractivity contribution in [1.29, 1.82) is 0 Å². The van der Waals surface area contributed by atoms with Crippen LogP contribution < -0.4 is 10.6 Å². The minimum Gasteiger partial charge on any atom is -0.342 e. The Morgan fingerprint density at radius 3 is 2.48 bits per heavy atom. The number of alkyl halides is 3. The lowest BCUT2D eigenvalue weighted by Crippen LogP contribution is -2.19. The van der Waals surface area contributed by atoms with Crippen molar-refractivity contribution in [3.8, 4) is 0 Å². The maximum Gasteiger partial charge on any atom is 0.416 e. The zero-order valence-electron chi connectivity index (χ0n) is 15.8. The lowest BCUT2D eigenvalue weighted by atomic mass is 10.1. The molecule has 2 heterocycles. The molecule has 2 amide bonds. The van der Waals surface area contributed by atoms with E-state index in [-0.39, 0.29) is 5.69 Å². The van der Waals surface area contributed by atoms with Crippen molar-refractivity contribution in [3.63, 3.8) is 0 Å². The molecule has 0 aliphatic carbocycles. The number of nitrogens with zero attached hydrogens (tertiary/aromatic N) is 2. The van der Waals surface area contributed by atoms with Gasteiger partial charge in [0.25, 0.3) is 0 Å². The van der Waals surface area contributed by atoms with Gasteiger partial charge in [0.2, 0.25) is 0 Å². The van der Waals surface area contributed by atoms with E-state index in [1.165, 1.54) is 12.1 Å². The summed E-state index contributed by atoms with van der Waals surface area (Å²) in [5.74, 6) is 0.716. The highest BCUT2D eigenvalue weighted by Crippen LogP contribution is 2.30. The van der Waals surface area contributed by atoms with Gasteiger partial charge in [-0.15, -0.1) is 0 Å². The smallest absolute Gasteiger partial charge is 0.342 e. The van der Waals surface area contributed by atoms with Gasteiger partial charge in [0.05, 0.1) is 11.1 Å². The zero-order chi connectivity index (χ0) is 22.0. The van der Waals surface area contributed by atoms with Gasteiger partial charge in [0, 0.05) is 24.0 Å². The molecule has 0 saturated carbocycles. The van der Waals surface area contributed by atoms with Crippen LogP contribution in [-0.2, 0) is 12.6 Å². The third-order valence-electron chi connectivity index (χ3n) is 4.44. The van der Waals surface area contributed by atoms with Crippen LogP contribution in [-0.4, -0.2) is 21.0 Å². The molecule has 0 saturated heterocycles. The van der Waals surface area contributed by atoms with Gasteiger partial charge in [0.1, 0.15) is 11.3 Å². The fourth-order valence-corrected chi connectivity index (χ4v) is 3.20. The second-order valence-electron chi connectivity index (χ2n) is 6.71. The van der Waals surface area contributed by atoms with Crippen LogP contribution in [0.5, 0.6) is 0 Å². The van der Waals surface area contributed by atoms with Crippen LogP contribution in [0.25, 0.3) is 11.0 Å². The summed E-state index contributed by atoms with van der Waals surface area (Å²) in [6, 6.07) is 12.6. The van der Waals surface area contributed by atoms with Gasteiger partial charge in [-0.2, -0.15) is 13.2 Å². The number of anilines is 2. The molecule has 31 heavy (non-hydrogen) atoms. The van der Waals surface area contributed by atoms with E-state index in [4.69, 9.17) is 11.6 Å². The maximum absolute atomic E-state index is 12.8. The number of pyridine rings is 1. The average Bonchev–Trinajstić information content (AvgIpc) is 3.13. The van der Waals surface area contributed by atoms with Crippen molar-refractivity contribution >= 4 is 40.0 Å². The van der Waals surface area contributed by atoms with Crippen LogP contribution in [0.2, 0.25) is 5.15 Å². The fraction of sp³-hybridized carbons (Fsp3) is 0.0952. The van der Waals surface area contributed by atoms with Gasteiger partial charge in [-0.05, 0) is 42.0 Å². The maximum atomic E-state index is 12.8. The predicted octanol–water partition coefficient (Wildman–Crippen LogP) is 5.86. The Bertz CT molecular complexity index is 1240. The molecule has 0 radical (unpaired) electrons. The lowest BCUT2D eigenvalue weighted by molar-refractivity contribution is -0.137. The second-order valence-corrected chi connectivity index (χ2v) is 7.07. The molecule has 0 aliphatic rings. The molecule has 10 heteroatoms. The van der Waals surface area contributed by atoms with Crippen molar-refractivity contribution in [2.75, 3.05) is 10.6 Å². The van der Waals surface area contributed by atoms with Crippen molar-refractivity contribution < 1.29 is 18.0 Å². The molecule has 158 valence electrons. The van der Waals surface area contributed by atoms with Gasteiger partial charge >= 0.3 is 12.2 Å². The summed E-state index contributed by atoms with van der Waals surface area (Å²) in [7, 11) is 0. The van der Waals surface area contributed by atoms with Crippen molar-refractivity contribution in [2.24, 2.45) is 0 Å². The van der Waals surface area contributed by atoms with E-state index < -0.39 is 17.8 Å². The minimum absolute atomic E-state index is 0.0435. The molecule has 0 bridgehead atoms. The standard InChI is InChI=1S/C21H15ClF3N5O/c22-19-18-16(8-9-26-19)29-17(30-18)10-12-4-6-14(7-5-12)27-20(31)28-15-3-1-2-13(11-15)21(23,24)25/h1-9,11H,10H2,(H,29,30)(H2,27,28,31). The zero-order valence-corrected chi connectivity index (χ0v) is 16.6. The Morgan fingerprint density at radius 2 is 1.77 bits per heavy atom. The number of benzene rings is 2. The Morgan fingerprint density at radius 1 is 1.03 bits per heavy atom. The topological polar surface area (TPSA) is 82.7 Å². The summed E-state index contributed by atoms with van der Waals surface area (Å²) in [5.41, 5.74) is 2.03. The molecular weight excluding hydrogens is 431 g/mol. The molecule has 2 aromatic heterocycles. The first-order valence-corrected chi connectivity index (χ1v) is 9.49.